The number of hydrogen-bond acceptors (Lipinski definition) is 4. The quantitative estimate of drug-likeness (QED) is 0.880. The van der Waals surface area contributed by atoms with Crippen LogP contribution in [0.15, 0.2) is 18.6 Å². The van der Waals surface area contributed by atoms with Crippen LogP contribution in [0.4, 0.5) is 0 Å². The van der Waals surface area contributed by atoms with Gasteiger partial charge >= 0.3 is 0 Å². The number of aromatic nitrogens is 3. The van der Waals surface area contributed by atoms with E-state index in [1.165, 1.54) is 0 Å². The van der Waals surface area contributed by atoms with Crippen LogP contribution >= 0.6 is 0 Å². The van der Waals surface area contributed by atoms with Crippen LogP contribution in [0.5, 0.6) is 0 Å². The van der Waals surface area contributed by atoms with Gasteiger partial charge in [0.1, 0.15) is 5.52 Å². The van der Waals surface area contributed by atoms with E-state index in [9.17, 15) is 4.79 Å². The van der Waals surface area contributed by atoms with Gasteiger partial charge in [-0.2, -0.15) is 0 Å². The van der Waals surface area contributed by atoms with E-state index in [0.717, 1.165) is 17.6 Å². The van der Waals surface area contributed by atoms with Gasteiger partial charge in [0.2, 0.25) is 0 Å². The molecule has 0 fully saturated rings. The molecule has 2 rings (SSSR count). The number of amides is 1. The molecule has 114 valence electrons. The molecular weight excluding hydrogens is 268 g/mol. The predicted octanol–water partition coefficient (Wildman–Crippen LogP) is 1.76. The fraction of sp³-hybridized carbons (Fsp3) is 0.533. The van der Waals surface area contributed by atoms with Crippen molar-refractivity contribution >= 4 is 17.1 Å². The maximum Gasteiger partial charge on any atom is 0.253 e. The highest BCUT2D eigenvalue weighted by atomic mass is 16.5. The van der Waals surface area contributed by atoms with E-state index in [2.05, 4.69) is 29.1 Å². The summed E-state index contributed by atoms with van der Waals surface area (Å²) >= 11 is 0. The first kappa shape index (κ1) is 15.4. The van der Waals surface area contributed by atoms with Gasteiger partial charge in [-0.15, -0.1) is 0 Å². The molecule has 0 saturated carbocycles. The molecule has 21 heavy (non-hydrogen) atoms. The number of imidazole rings is 1. The minimum atomic E-state index is -0.121. The highest BCUT2D eigenvalue weighted by Crippen LogP contribution is 2.12. The molecular formula is C15H22N4O2. The molecule has 1 N–H and O–H groups in total. The summed E-state index contributed by atoms with van der Waals surface area (Å²) in [6.45, 7) is 4.79. The Bertz CT molecular complexity index is 621. The first-order valence-electron chi connectivity index (χ1n) is 7.09. The molecule has 2 aromatic rings. The lowest BCUT2D eigenvalue weighted by Gasteiger charge is -2.22. The predicted molar refractivity (Wildman–Crippen MR) is 81.1 cm³/mol. The van der Waals surface area contributed by atoms with Crippen molar-refractivity contribution < 1.29 is 9.53 Å². The Balaban J connectivity index is 2.13. The monoisotopic (exact) mass is 290 g/mol. The molecule has 0 spiro atoms. The minimum Gasteiger partial charge on any atom is -0.385 e. The Hall–Kier alpha value is -1.95. The third-order valence-corrected chi connectivity index (χ3v) is 3.57. The smallest absolute Gasteiger partial charge is 0.253 e. The van der Waals surface area contributed by atoms with Crippen LogP contribution in [0.3, 0.4) is 0 Å². The number of aryl methyl sites for hydroxylation is 1. The lowest BCUT2D eigenvalue weighted by molar-refractivity contribution is 0.0908. The van der Waals surface area contributed by atoms with E-state index in [1.54, 1.807) is 25.7 Å². The minimum absolute atomic E-state index is 0.0804. The summed E-state index contributed by atoms with van der Waals surface area (Å²) in [6.07, 6.45) is 4.07. The SMILES string of the molecule is COCC[C@@H](NC(=O)c1cnc2c(c1)ncn2C)C(C)C. The molecule has 0 aliphatic rings. The number of pyridine rings is 1. The summed E-state index contributed by atoms with van der Waals surface area (Å²) in [5, 5.41) is 3.05. The Labute approximate surface area is 124 Å². The van der Waals surface area contributed by atoms with Gasteiger partial charge in [-0.25, -0.2) is 9.97 Å². The van der Waals surface area contributed by atoms with Gasteiger partial charge in [-0.3, -0.25) is 4.79 Å². The molecule has 0 bridgehead atoms. The third kappa shape index (κ3) is 3.58. The van der Waals surface area contributed by atoms with Crippen molar-refractivity contribution in [3.8, 4) is 0 Å². The van der Waals surface area contributed by atoms with E-state index >= 15 is 0 Å². The maximum absolute atomic E-state index is 12.3. The summed E-state index contributed by atoms with van der Waals surface area (Å²) in [6, 6.07) is 1.85. The fourth-order valence-corrected chi connectivity index (χ4v) is 2.21. The lowest BCUT2D eigenvalue weighted by atomic mass is 10.0. The first-order valence-corrected chi connectivity index (χ1v) is 7.09. The second-order valence-corrected chi connectivity index (χ2v) is 5.53. The molecule has 1 amide bonds. The zero-order valence-electron chi connectivity index (χ0n) is 13.0. The largest absolute Gasteiger partial charge is 0.385 e. The second kappa shape index (κ2) is 6.67. The zero-order valence-corrected chi connectivity index (χ0v) is 13.0. The number of nitrogens with one attached hydrogen (secondary N) is 1. The molecule has 2 heterocycles. The van der Waals surface area contributed by atoms with Gasteiger partial charge in [0.15, 0.2) is 5.65 Å². The van der Waals surface area contributed by atoms with Crippen LogP contribution in [0.25, 0.3) is 11.2 Å². The van der Waals surface area contributed by atoms with Crippen molar-refractivity contribution in [2.75, 3.05) is 13.7 Å². The third-order valence-electron chi connectivity index (χ3n) is 3.57. The van der Waals surface area contributed by atoms with Gasteiger partial charge in [0, 0.05) is 33.0 Å². The maximum atomic E-state index is 12.3. The molecule has 0 aromatic carbocycles. The van der Waals surface area contributed by atoms with E-state index in [-0.39, 0.29) is 11.9 Å². The van der Waals surface area contributed by atoms with Crippen molar-refractivity contribution in [3.63, 3.8) is 0 Å². The molecule has 6 nitrogen and oxygen atoms in total. The number of hydrogen-bond donors (Lipinski definition) is 1. The van der Waals surface area contributed by atoms with E-state index in [1.807, 2.05) is 11.6 Å². The highest BCUT2D eigenvalue weighted by molar-refractivity contribution is 5.96. The molecule has 0 aliphatic carbocycles. The van der Waals surface area contributed by atoms with Crippen molar-refractivity contribution in [1.82, 2.24) is 19.9 Å². The Morgan fingerprint density at radius 2 is 2.19 bits per heavy atom. The van der Waals surface area contributed by atoms with Crippen molar-refractivity contribution in [2.24, 2.45) is 13.0 Å². The van der Waals surface area contributed by atoms with Crippen molar-refractivity contribution in [1.29, 1.82) is 0 Å². The fourth-order valence-electron chi connectivity index (χ4n) is 2.21. The van der Waals surface area contributed by atoms with E-state index < -0.39 is 0 Å². The normalized spacial score (nSPS) is 12.8. The first-order chi connectivity index (χ1) is 10.0. The van der Waals surface area contributed by atoms with Gasteiger partial charge in [0.25, 0.3) is 5.91 Å². The molecule has 0 aliphatic heterocycles. The average molecular weight is 290 g/mol. The standard InChI is InChI=1S/C15H22N4O2/c1-10(2)12(5-6-21-4)18-15(20)11-7-13-14(16-8-11)19(3)9-17-13/h7-10,12H,5-6H2,1-4H3,(H,18,20)/t12-/m1/s1. The molecule has 0 saturated heterocycles. The van der Waals surface area contributed by atoms with Crippen LogP contribution in [-0.4, -0.2) is 40.2 Å². The summed E-state index contributed by atoms with van der Waals surface area (Å²) < 4.78 is 6.92. The van der Waals surface area contributed by atoms with Gasteiger partial charge in [-0.1, -0.05) is 13.8 Å². The molecule has 1 atom stereocenters. The van der Waals surface area contributed by atoms with Gasteiger partial charge in [-0.05, 0) is 18.4 Å². The van der Waals surface area contributed by atoms with Crippen LogP contribution in [-0.2, 0) is 11.8 Å². The number of nitrogens with zero attached hydrogens (tertiary/aromatic N) is 3. The van der Waals surface area contributed by atoms with Gasteiger partial charge < -0.3 is 14.6 Å². The van der Waals surface area contributed by atoms with Crippen molar-refractivity contribution in [3.05, 3.63) is 24.2 Å². The number of rotatable bonds is 6. The second-order valence-electron chi connectivity index (χ2n) is 5.53. The topological polar surface area (TPSA) is 69.0 Å². The number of carbonyl (C=O) groups is 1. The molecule has 0 unspecified atom stereocenters. The zero-order chi connectivity index (χ0) is 15.4. The van der Waals surface area contributed by atoms with Crippen LogP contribution < -0.4 is 5.32 Å². The molecule has 2 aromatic heterocycles. The number of carbonyl (C=O) groups excluding carboxylic acids is 1. The summed E-state index contributed by atoms with van der Waals surface area (Å²) in [5.74, 6) is 0.223. The van der Waals surface area contributed by atoms with Crippen LogP contribution in [0.2, 0.25) is 0 Å². The average Bonchev–Trinajstić information content (AvgIpc) is 2.84. The summed E-state index contributed by atoms with van der Waals surface area (Å²) in [5.41, 5.74) is 2.03. The Morgan fingerprint density at radius 1 is 1.43 bits per heavy atom. The number of methoxy groups -OCH3 is 1. The van der Waals surface area contributed by atoms with Gasteiger partial charge in [0.05, 0.1) is 11.9 Å². The summed E-state index contributed by atoms with van der Waals surface area (Å²) in [4.78, 5) is 20.9. The van der Waals surface area contributed by atoms with Crippen LogP contribution in [0.1, 0.15) is 30.6 Å². The molecule has 6 heteroatoms. The lowest BCUT2D eigenvalue weighted by Crippen LogP contribution is -2.39. The van der Waals surface area contributed by atoms with Crippen molar-refractivity contribution in [2.45, 2.75) is 26.3 Å². The number of ether oxygens (including phenoxy) is 1. The van der Waals surface area contributed by atoms with E-state index in [0.29, 0.717) is 18.1 Å². The van der Waals surface area contributed by atoms with Crippen LogP contribution in [0, 0.1) is 5.92 Å². The number of fused-ring (bicyclic) bond motifs is 1. The van der Waals surface area contributed by atoms with E-state index in [4.69, 9.17) is 4.74 Å². The Kier molecular flexibility index (Phi) is 4.90. The highest BCUT2D eigenvalue weighted by Gasteiger charge is 2.18. The summed E-state index contributed by atoms with van der Waals surface area (Å²) in [7, 11) is 3.54. The Morgan fingerprint density at radius 3 is 2.86 bits per heavy atom. The molecule has 0 radical (unpaired) electrons.